The molecule has 0 aliphatic heterocycles. The van der Waals surface area contributed by atoms with Crippen molar-refractivity contribution >= 4 is 39.1 Å². The van der Waals surface area contributed by atoms with E-state index in [-0.39, 0.29) is 16.6 Å². The summed E-state index contributed by atoms with van der Waals surface area (Å²) in [5.74, 6) is -0.0549. The normalized spacial score (nSPS) is 10.4. The Labute approximate surface area is 114 Å². The first-order chi connectivity index (χ1) is 8.04. The lowest BCUT2D eigenvalue weighted by molar-refractivity contribution is 0.435. The van der Waals surface area contributed by atoms with Gasteiger partial charge in [0.25, 0.3) is 0 Å². The molecule has 0 N–H and O–H groups in total. The van der Waals surface area contributed by atoms with Crippen molar-refractivity contribution in [3.8, 4) is 11.8 Å². The lowest BCUT2D eigenvalue weighted by Crippen LogP contribution is -1.95. The van der Waals surface area contributed by atoms with Gasteiger partial charge >= 0.3 is 6.01 Å². The summed E-state index contributed by atoms with van der Waals surface area (Å²) < 4.78 is 18.5. The average molecular weight is 339 g/mol. The summed E-state index contributed by atoms with van der Waals surface area (Å²) in [4.78, 5) is 11.0. The third kappa shape index (κ3) is 3.24. The molecule has 17 heavy (non-hydrogen) atoms. The van der Waals surface area contributed by atoms with E-state index in [0.29, 0.717) is 10.2 Å². The molecule has 0 saturated heterocycles. The smallest absolute Gasteiger partial charge is 0.327 e. The number of aromatic nitrogens is 3. The average Bonchev–Trinajstić information content (AvgIpc) is 2.21. The second kappa shape index (κ2) is 5.12. The summed E-state index contributed by atoms with van der Waals surface area (Å²) in [5, 5.41) is -0.170. The topological polar surface area (TPSA) is 47.9 Å². The minimum atomic E-state index is -0.393. The van der Waals surface area contributed by atoms with Gasteiger partial charge in [0.05, 0.1) is 4.47 Å². The van der Waals surface area contributed by atoms with E-state index in [9.17, 15) is 4.39 Å². The second-order valence-electron chi connectivity index (χ2n) is 2.83. The molecule has 0 radical (unpaired) electrons. The molecule has 1 heterocycles. The van der Waals surface area contributed by atoms with Crippen molar-refractivity contribution in [2.75, 3.05) is 0 Å². The van der Waals surface area contributed by atoms with Gasteiger partial charge in [0.2, 0.25) is 10.6 Å². The Hall–Kier alpha value is -0.980. The molecule has 0 spiro atoms. The van der Waals surface area contributed by atoms with Crippen LogP contribution in [0.4, 0.5) is 4.39 Å². The van der Waals surface area contributed by atoms with E-state index in [1.54, 1.807) is 0 Å². The van der Waals surface area contributed by atoms with Crippen molar-refractivity contribution in [2.24, 2.45) is 0 Å². The van der Waals surface area contributed by atoms with E-state index in [2.05, 4.69) is 30.9 Å². The number of hydrogen-bond donors (Lipinski definition) is 0. The van der Waals surface area contributed by atoms with Crippen LogP contribution < -0.4 is 4.74 Å². The Kier molecular flexibility index (Phi) is 3.76. The second-order valence-corrected chi connectivity index (χ2v) is 4.36. The Bertz CT molecular complexity index is 550. The molecule has 0 atom stereocenters. The van der Waals surface area contributed by atoms with Gasteiger partial charge in [0.1, 0.15) is 11.6 Å². The lowest BCUT2D eigenvalue weighted by atomic mass is 10.3. The highest BCUT2D eigenvalue weighted by molar-refractivity contribution is 9.10. The molecule has 4 nitrogen and oxygen atoms in total. The van der Waals surface area contributed by atoms with Crippen LogP contribution in [0.25, 0.3) is 0 Å². The largest absolute Gasteiger partial charge is 0.423 e. The number of benzene rings is 1. The van der Waals surface area contributed by atoms with Crippen molar-refractivity contribution in [1.82, 2.24) is 15.0 Å². The summed E-state index contributed by atoms with van der Waals surface area (Å²) >= 11 is 14.3. The maximum atomic E-state index is 12.8. The highest BCUT2D eigenvalue weighted by Crippen LogP contribution is 2.29. The number of nitrogens with zero attached hydrogens (tertiary/aromatic N) is 3. The van der Waals surface area contributed by atoms with Crippen LogP contribution in [0.5, 0.6) is 11.8 Å². The van der Waals surface area contributed by atoms with E-state index in [1.807, 2.05) is 0 Å². The van der Waals surface area contributed by atoms with Gasteiger partial charge in [-0.1, -0.05) is 0 Å². The van der Waals surface area contributed by atoms with Gasteiger partial charge in [0, 0.05) is 0 Å². The van der Waals surface area contributed by atoms with E-state index in [4.69, 9.17) is 27.9 Å². The van der Waals surface area contributed by atoms with Crippen molar-refractivity contribution < 1.29 is 9.13 Å². The van der Waals surface area contributed by atoms with E-state index < -0.39 is 5.82 Å². The predicted molar refractivity (Wildman–Crippen MR) is 64.0 cm³/mol. The quantitative estimate of drug-likeness (QED) is 0.833. The summed E-state index contributed by atoms with van der Waals surface area (Å²) in [7, 11) is 0. The fraction of sp³-hybridized carbons (Fsp3) is 0. The Morgan fingerprint density at radius 2 is 1.76 bits per heavy atom. The summed E-state index contributed by atoms with van der Waals surface area (Å²) in [6.45, 7) is 0. The monoisotopic (exact) mass is 337 g/mol. The molecule has 0 aliphatic carbocycles. The van der Waals surface area contributed by atoms with Crippen molar-refractivity contribution in [3.05, 3.63) is 39.1 Å². The molecular weight excluding hydrogens is 336 g/mol. The predicted octanol–water partition coefficient (Wildman–Crippen LogP) is 3.87. The Morgan fingerprint density at radius 3 is 2.35 bits per heavy atom. The minimum absolute atomic E-state index is 0.0673. The zero-order valence-corrected chi connectivity index (χ0v) is 11.1. The van der Waals surface area contributed by atoms with Gasteiger partial charge in [-0.15, -0.1) is 0 Å². The summed E-state index contributed by atoms with van der Waals surface area (Å²) in [5.41, 5.74) is 0. The molecule has 0 amide bonds. The van der Waals surface area contributed by atoms with E-state index >= 15 is 0 Å². The van der Waals surface area contributed by atoms with Crippen LogP contribution in [0.15, 0.2) is 22.7 Å². The van der Waals surface area contributed by atoms with Crippen LogP contribution in [0.1, 0.15) is 0 Å². The molecule has 1 aromatic heterocycles. The summed E-state index contributed by atoms with van der Waals surface area (Å²) in [6.07, 6.45) is 0. The van der Waals surface area contributed by atoms with Crippen molar-refractivity contribution in [3.63, 3.8) is 0 Å². The number of hydrogen-bond acceptors (Lipinski definition) is 4. The highest BCUT2D eigenvalue weighted by atomic mass is 79.9. The van der Waals surface area contributed by atoms with Crippen LogP contribution in [-0.4, -0.2) is 15.0 Å². The van der Waals surface area contributed by atoms with Gasteiger partial charge in [-0.25, -0.2) is 4.39 Å². The number of ether oxygens (including phenoxy) is 1. The van der Waals surface area contributed by atoms with E-state index in [1.165, 1.54) is 18.2 Å². The highest BCUT2D eigenvalue weighted by Gasteiger charge is 2.08. The van der Waals surface area contributed by atoms with Gasteiger partial charge < -0.3 is 4.74 Å². The van der Waals surface area contributed by atoms with Gasteiger partial charge in [-0.05, 0) is 57.3 Å². The molecule has 0 fully saturated rings. The zero-order chi connectivity index (χ0) is 12.4. The molecule has 8 heteroatoms. The van der Waals surface area contributed by atoms with Crippen LogP contribution in [0, 0.1) is 5.82 Å². The van der Waals surface area contributed by atoms with E-state index in [0.717, 1.165) is 0 Å². The van der Waals surface area contributed by atoms with Gasteiger partial charge in [-0.2, -0.15) is 15.0 Å². The first-order valence-electron chi connectivity index (χ1n) is 4.24. The molecule has 1 aromatic carbocycles. The molecule has 2 aromatic rings. The molecular formula is C9H3BrCl2FN3O. The maximum absolute atomic E-state index is 12.8. The minimum Gasteiger partial charge on any atom is -0.423 e. The molecule has 0 aliphatic rings. The SMILES string of the molecule is Fc1ccc(Oc2nc(Cl)nc(Cl)n2)c(Br)c1. The lowest BCUT2D eigenvalue weighted by Gasteiger charge is -2.05. The van der Waals surface area contributed by atoms with Crippen LogP contribution in [-0.2, 0) is 0 Å². The fourth-order valence-electron chi connectivity index (χ4n) is 1.01. The third-order valence-electron chi connectivity index (χ3n) is 1.66. The first-order valence-corrected chi connectivity index (χ1v) is 5.79. The zero-order valence-electron chi connectivity index (χ0n) is 7.99. The molecule has 0 saturated carbocycles. The number of halogens is 4. The first kappa shape index (κ1) is 12.5. The standard InChI is InChI=1S/C9H3BrCl2FN3O/c10-5-3-4(13)1-2-6(5)17-9-15-7(11)14-8(12)16-9/h1-3H. The maximum Gasteiger partial charge on any atom is 0.327 e. The molecule has 0 bridgehead atoms. The van der Waals surface area contributed by atoms with Crippen LogP contribution in [0.2, 0.25) is 10.6 Å². The van der Waals surface area contributed by atoms with Gasteiger partial charge in [0.15, 0.2) is 0 Å². The van der Waals surface area contributed by atoms with Crippen LogP contribution in [0.3, 0.4) is 0 Å². The molecule has 88 valence electrons. The van der Waals surface area contributed by atoms with Crippen molar-refractivity contribution in [1.29, 1.82) is 0 Å². The third-order valence-corrected chi connectivity index (χ3v) is 2.61. The van der Waals surface area contributed by atoms with Gasteiger partial charge in [-0.3, -0.25) is 0 Å². The van der Waals surface area contributed by atoms with Crippen molar-refractivity contribution in [2.45, 2.75) is 0 Å². The van der Waals surface area contributed by atoms with Crippen LogP contribution >= 0.6 is 39.1 Å². The summed E-state index contributed by atoms with van der Waals surface area (Å²) in [6, 6.07) is 3.84. The Balaban J connectivity index is 2.31. The number of rotatable bonds is 2. The Morgan fingerprint density at radius 1 is 1.12 bits per heavy atom. The molecule has 2 rings (SSSR count). The fourth-order valence-corrected chi connectivity index (χ4v) is 1.79. The molecule has 0 unspecified atom stereocenters.